The molecule has 1 aromatic carbocycles. The Labute approximate surface area is 103 Å². The Bertz CT molecular complexity index is 392. The lowest BCUT2D eigenvalue weighted by Crippen LogP contribution is -2.14. The quantitative estimate of drug-likeness (QED) is 0.823. The van der Waals surface area contributed by atoms with Crippen LogP contribution in [0.2, 0.25) is 0 Å². The molecule has 1 unspecified atom stereocenters. The summed E-state index contributed by atoms with van der Waals surface area (Å²) in [6, 6.07) is 4.18. The van der Waals surface area contributed by atoms with Crippen molar-refractivity contribution >= 4 is 0 Å². The smallest absolute Gasteiger partial charge is 0.392 e. The van der Waals surface area contributed by atoms with Crippen LogP contribution < -0.4 is 10.1 Å². The van der Waals surface area contributed by atoms with Crippen LogP contribution in [0.5, 0.6) is 5.75 Å². The molecule has 18 heavy (non-hydrogen) atoms. The van der Waals surface area contributed by atoms with Crippen molar-refractivity contribution in [1.29, 1.82) is 0 Å². The summed E-state index contributed by atoms with van der Waals surface area (Å²) in [4.78, 5) is 0. The Morgan fingerprint density at radius 2 is 2.00 bits per heavy atom. The van der Waals surface area contributed by atoms with Gasteiger partial charge >= 0.3 is 6.18 Å². The van der Waals surface area contributed by atoms with Crippen molar-refractivity contribution in [2.24, 2.45) is 0 Å². The van der Waals surface area contributed by atoms with E-state index < -0.39 is 25.0 Å². The van der Waals surface area contributed by atoms with Crippen molar-refractivity contribution in [2.75, 3.05) is 13.7 Å². The van der Waals surface area contributed by atoms with Gasteiger partial charge in [-0.2, -0.15) is 13.2 Å². The lowest BCUT2D eigenvalue weighted by molar-refractivity contribution is -0.139. The minimum Gasteiger partial charge on any atom is -0.490 e. The number of rotatable bonds is 5. The number of benzene rings is 1. The molecule has 1 N–H and O–H groups in total. The predicted octanol–water partition coefficient (Wildman–Crippen LogP) is 3.44. The van der Waals surface area contributed by atoms with Gasteiger partial charge in [-0.1, -0.05) is 6.07 Å². The largest absolute Gasteiger partial charge is 0.490 e. The van der Waals surface area contributed by atoms with Gasteiger partial charge in [-0.05, 0) is 31.7 Å². The second-order valence-corrected chi connectivity index (χ2v) is 3.91. The molecule has 6 heteroatoms. The van der Waals surface area contributed by atoms with Crippen LogP contribution in [-0.2, 0) is 0 Å². The summed E-state index contributed by atoms with van der Waals surface area (Å²) in [5.41, 5.74) is 0.707. The van der Waals surface area contributed by atoms with E-state index >= 15 is 0 Å². The number of ether oxygens (including phenoxy) is 1. The Morgan fingerprint density at radius 3 is 2.50 bits per heavy atom. The molecule has 1 atom stereocenters. The molecule has 0 bridgehead atoms. The third kappa shape index (κ3) is 4.52. The molecule has 1 rings (SSSR count). The van der Waals surface area contributed by atoms with Gasteiger partial charge in [-0.25, -0.2) is 4.39 Å². The average Bonchev–Trinajstić information content (AvgIpc) is 2.28. The first kappa shape index (κ1) is 14.8. The number of hydrogen-bond acceptors (Lipinski definition) is 2. The highest BCUT2D eigenvalue weighted by Crippen LogP contribution is 2.24. The minimum absolute atomic E-state index is 0.0382. The van der Waals surface area contributed by atoms with E-state index in [4.69, 9.17) is 4.74 Å². The van der Waals surface area contributed by atoms with E-state index in [-0.39, 0.29) is 11.8 Å². The SMILES string of the molecule is CNC(C)c1ccc(OCCC(F)(F)F)c(F)c1. The van der Waals surface area contributed by atoms with Gasteiger partial charge < -0.3 is 10.1 Å². The van der Waals surface area contributed by atoms with Gasteiger partial charge in [0, 0.05) is 6.04 Å². The zero-order valence-electron chi connectivity index (χ0n) is 10.1. The minimum atomic E-state index is -4.29. The fourth-order valence-electron chi connectivity index (χ4n) is 1.35. The summed E-state index contributed by atoms with van der Waals surface area (Å²) in [6.45, 7) is 1.26. The summed E-state index contributed by atoms with van der Waals surface area (Å²) >= 11 is 0. The lowest BCUT2D eigenvalue weighted by atomic mass is 10.1. The molecular weight excluding hydrogens is 250 g/mol. The summed E-state index contributed by atoms with van der Waals surface area (Å²) < 4.78 is 54.0. The van der Waals surface area contributed by atoms with E-state index in [2.05, 4.69) is 5.32 Å². The van der Waals surface area contributed by atoms with E-state index in [9.17, 15) is 17.6 Å². The Kier molecular flexibility index (Phi) is 4.95. The summed E-state index contributed by atoms with van der Waals surface area (Å²) in [5.74, 6) is -0.817. The molecule has 0 spiro atoms. The highest BCUT2D eigenvalue weighted by molar-refractivity contribution is 5.30. The topological polar surface area (TPSA) is 21.3 Å². The summed E-state index contributed by atoms with van der Waals surface area (Å²) in [7, 11) is 1.73. The molecule has 0 amide bonds. The fourth-order valence-corrected chi connectivity index (χ4v) is 1.35. The number of hydrogen-bond donors (Lipinski definition) is 1. The molecule has 0 aliphatic heterocycles. The average molecular weight is 265 g/mol. The molecule has 0 aromatic heterocycles. The normalized spacial score (nSPS) is 13.4. The third-order valence-corrected chi connectivity index (χ3v) is 2.53. The first-order valence-electron chi connectivity index (χ1n) is 5.50. The first-order valence-corrected chi connectivity index (χ1v) is 5.50. The van der Waals surface area contributed by atoms with E-state index in [1.165, 1.54) is 12.1 Å². The predicted molar refractivity (Wildman–Crippen MR) is 60.0 cm³/mol. The van der Waals surface area contributed by atoms with Crippen molar-refractivity contribution in [3.05, 3.63) is 29.6 Å². The van der Waals surface area contributed by atoms with Crippen molar-refractivity contribution in [2.45, 2.75) is 25.6 Å². The van der Waals surface area contributed by atoms with Crippen molar-refractivity contribution in [3.8, 4) is 5.75 Å². The molecule has 0 fully saturated rings. The molecule has 0 saturated heterocycles. The van der Waals surface area contributed by atoms with Crippen molar-refractivity contribution in [1.82, 2.24) is 5.32 Å². The van der Waals surface area contributed by atoms with Gasteiger partial charge in [0.05, 0.1) is 13.0 Å². The number of halogens is 4. The van der Waals surface area contributed by atoms with E-state index in [0.717, 1.165) is 0 Å². The molecule has 0 heterocycles. The van der Waals surface area contributed by atoms with Gasteiger partial charge in [0.15, 0.2) is 11.6 Å². The fraction of sp³-hybridized carbons (Fsp3) is 0.500. The Hall–Kier alpha value is -1.30. The van der Waals surface area contributed by atoms with Crippen LogP contribution >= 0.6 is 0 Å². The van der Waals surface area contributed by atoms with Crippen LogP contribution in [0.15, 0.2) is 18.2 Å². The maximum atomic E-state index is 13.5. The molecule has 102 valence electrons. The number of alkyl halides is 3. The second-order valence-electron chi connectivity index (χ2n) is 3.91. The monoisotopic (exact) mass is 265 g/mol. The standard InChI is InChI=1S/C12H15F4NO/c1-8(17-2)9-3-4-11(10(13)7-9)18-6-5-12(14,15)16/h3-4,7-8,17H,5-6H2,1-2H3. The first-order chi connectivity index (χ1) is 8.33. The van der Waals surface area contributed by atoms with Crippen LogP contribution in [-0.4, -0.2) is 19.8 Å². The van der Waals surface area contributed by atoms with Gasteiger partial charge in [-0.3, -0.25) is 0 Å². The zero-order valence-corrected chi connectivity index (χ0v) is 10.1. The zero-order chi connectivity index (χ0) is 13.8. The number of nitrogens with one attached hydrogen (secondary N) is 1. The van der Waals surface area contributed by atoms with E-state index in [1.807, 2.05) is 6.92 Å². The molecule has 0 radical (unpaired) electrons. The second kappa shape index (κ2) is 6.04. The summed E-state index contributed by atoms with van der Waals surface area (Å²) in [5, 5.41) is 2.93. The molecule has 2 nitrogen and oxygen atoms in total. The molecule has 0 aliphatic rings. The van der Waals surface area contributed by atoms with Gasteiger partial charge in [0.2, 0.25) is 0 Å². The molecule has 1 aromatic rings. The molecule has 0 saturated carbocycles. The molecular formula is C12H15F4NO. The van der Waals surface area contributed by atoms with Crippen LogP contribution in [0.3, 0.4) is 0 Å². The molecule has 0 aliphatic carbocycles. The van der Waals surface area contributed by atoms with Gasteiger partial charge in [0.25, 0.3) is 0 Å². The lowest BCUT2D eigenvalue weighted by Gasteiger charge is -2.13. The van der Waals surface area contributed by atoms with Crippen LogP contribution in [0.4, 0.5) is 17.6 Å². The van der Waals surface area contributed by atoms with E-state index in [1.54, 1.807) is 13.1 Å². The van der Waals surface area contributed by atoms with E-state index in [0.29, 0.717) is 5.56 Å². The third-order valence-electron chi connectivity index (χ3n) is 2.53. The highest BCUT2D eigenvalue weighted by Gasteiger charge is 2.27. The van der Waals surface area contributed by atoms with Crippen LogP contribution in [0.1, 0.15) is 24.9 Å². The van der Waals surface area contributed by atoms with Crippen LogP contribution in [0.25, 0.3) is 0 Å². The maximum Gasteiger partial charge on any atom is 0.392 e. The Morgan fingerprint density at radius 1 is 1.33 bits per heavy atom. The highest BCUT2D eigenvalue weighted by atomic mass is 19.4. The van der Waals surface area contributed by atoms with Gasteiger partial charge in [0.1, 0.15) is 0 Å². The van der Waals surface area contributed by atoms with Gasteiger partial charge in [-0.15, -0.1) is 0 Å². The summed E-state index contributed by atoms with van der Waals surface area (Å²) in [6.07, 6.45) is -5.39. The van der Waals surface area contributed by atoms with Crippen molar-refractivity contribution in [3.63, 3.8) is 0 Å². The maximum absolute atomic E-state index is 13.5. The van der Waals surface area contributed by atoms with Crippen molar-refractivity contribution < 1.29 is 22.3 Å². The van der Waals surface area contributed by atoms with Crippen LogP contribution in [0, 0.1) is 5.82 Å². The Balaban J connectivity index is 2.63.